The summed E-state index contributed by atoms with van der Waals surface area (Å²) < 4.78 is 32.0. The van der Waals surface area contributed by atoms with Crippen molar-refractivity contribution in [2.45, 2.75) is 0 Å². The Morgan fingerprint density at radius 3 is 2.36 bits per heavy atom. The van der Waals surface area contributed by atoms with Crippen LogP contribution < -0.4 is 14.2 Å². The van der Waals surface area contributed by atoms with E-state index >= 15 is 0 Å². The number of para-hydroxylation sites is 1. The zero-order chi connectivity index (χ0) is 22.9. The van der Waals surface area contributed by atoms with E-state index in [1.165, 1.54) is 28.8 Å². The Balaban J connectivity index is 1.66. The number of hydrogen-bond acceptors (Lipinski definition) is 5. The maximum atomic E-state index is 13.4. The van der Waals surface area contributed by atoms with Gasteiger partial charge in [0.2, 0.25) is 5.88 Å². The van der Waals surface area contributed by atoms with Gasteiger partial charge < -0.3 is 14.2 Å². The van der Waals surface area contributed by atoms with E-state index in [0.717, 1.165) is 5.39 Å². The van der Waals surface area contributed by atoms with Gasteiger partial charge in [-0.05, 0) is 42.5 Å². The second kappa shape index (κ2) is 8.27. The lowest BCUT2D eigenvalue weighted by Gasteiger charge is -2.14. The Hall–Kier alpha value is -4.39. The summed E-state index contributed by atoms with van der Waals surface area (Å²) >= 11 is 0. The van der Waals surface area contributed by atoms with Gasteiger partial charge in [-0.3, -0.25) is 9.78 Å². The van der Waals surface area contributed by atoms with E-state index in [2.05, 4.69) is 4.98 Å². The summed E-state index contributed by atoms with van der Waals surface area (Å²) in [5, 5.41) is 1.53. The van der Waals surface area contributed by atoms with Crippen LogP contribution >= 0.6 is 0 Å². The third kappa shape index (κ3) is 3.63. The first-order valence-corrected chi connectivity index (χ1v) is 10.2. The molecule has 0 fully saturated rings. The molecule has 0 bridgehead atoms. The lowest BCUT2D eigenvalue weighted by Crippen LogP contribution is -2.13. The number of halogens is 1. The van der Waals surface area contributed by atoms with E-state index in [9.17, 15) is 9.18 Å². The van der Waals surface area contributed by atoms with E-state index in [0.29, 0.717) is 45.1 Å². The van der Waals surface area contributed by atoms with Crippen LogP contribution in [0.5, 0.6) is 23.1 Å². The van der Waals surface area contributed by atoms with Crippen molar-refractivity contribution >= 4 is 27.7 Å². The predicted octanol–water partition coefficient (Wildman–Crippen LogP) is 5.83. The van der Waals surface area contributed by atoms with Crippen LogP contribution in [0, 0.1) is 5.82 Å². The summed E-state index contributed by atoms with van der Waals surface area (Å²) in [7, 11) is 3.11. The molecule has 33 heavy (non-hydrogen) atoms. The van der Waals surface area contributed by atoms with Crippen LogP contribution in [-0.4, -0.2) is 29.7 Å². The number of methoxy groups -OCH3 is 2. The summed E-state index contributed by atoms with van der Waals surface area (Å²) in [6.07, 6.45) is 1.62. The van der Waals surface area contributed by atoms with Crippen molar-refractivity contribution in [3.8, 4) is 23.1 Å². The molecule has 7 heteroatoms. The minimum absolute atomic E-state index is 0.327. The molecule has 5 rings (SSSR count). The van der Waals surface area contributed by atoms with Gasteiger partial charge in [-0.2, -0.15) is 0 Å². The van der Waals surface area contributed by atoms with Crippen LogP contribution in [0.25, 0.3) is 21.8 Å². The molecule has 0 unspecified atom stereocenters. The van der Waals surface area contributed by atoms with E-state index in [1.54, 1.807) is 44.7 Å². The normalized spacial score (nSPS) is 11.0. The van der Waals surface area contributed by atoms with Gasteiger partial charge in [0.25, 0.3) is 5.91 Å². The molecule has 0 saturated carbocycles. The number of carbonyl (C=O) groups excluding carboxylic acids is 1. The van der Waals surface area contributed by atoms with Crippen molar-refractivity contribution in [2.24, 2.45) is 0 Å². The molecule has 0 atom stereocenters. The number of ether oxygens (including phenoxy) is 3. The molecule has 2 heterocycles. The van der Waals surface area contributed by atoms with Crippen molar-refractivity contribution < 1.29 is 23.4 Å². The molecule has 0 N–H and O–H groups in total. The van der Waals surface area contributed by atoms with Gasteiger partial charge >= 0.3 is 0 Å². The quantitative estimate of drug-likeness (QED) is 0.343. The smallest absolute Gasteiger partial charge is 0.265 e. The first kappa shape index (κ1) is 20.5. The fourth-order valence-electron chi connectivity index (χ4n) is 3.78. The second-order valence-corrected chi connectivity index (χ2v) is 7.32. The number of rotatable bonds is 5. The summed E-state index contributed by atoms with van der Waals surface area (Å²) in [6.45, 7) is 0. The highest BCUT2D eigenvalue weighted by molar-refractivity contribution is 6.03. The molecule has 0 aliphatic rings. The summed E-state index contributed by atoms with van der Waals surface area (Å²) in [5.41, 5.74) is 1.67. The first-order valence-electron chi connectivity index (χ1n) is 10.2. The molecule has 0 radical (unpaired) electrons. The standard InChI is InChI=1S/C26H19FN2O4/c1-31-23-14-19-20(15-24(23)32-2)28-12-11-22(19)33-25-13-17-5-3-4-6-21(17)29(25)26(30)16-7-9-18(27)10-8-16/h3-15H,1-2H3. The number of aromatic nitrogens is 2. The van der Waals surface area contributed by atoms with Crippen LogP contribution in [0.2, 0.25) is 0 Å². The highest BCUT2D eigenvalue weighted by Crippen LogP contribution is 2.38. The van der Waals surface area contributed by atoms with Crippen LogP contribution in [0.4, 0.5) is 4.39 Å². The number of fused-ring (bicyclic) bond motifs is 2. The fourth-order valence-corrected chi connectivity index (χ4v) is 3.78. The van der Waals surface area contributed by atoms with Crippen molar-refractivity contribution in [1.82, 2.24) is 9.55 Å². The molecule has 0 amide bonds. The highest BCUT2D eigenvalue weighted by Gasteiger charge is 2.20. The monoisotopic (exact) mass is 442 g/mol. The van der Waals surface area contributed by atoms with E-state index in [-0.39, 0.29) is 5.91 Å². The summed E-state index contributed by atoms with van der Waals surface area (Å²) in [5.74, 6) is 1.17. The van der Waals surface area contributed by atoms with Crippen LogP contribution in [0.3, 0.4) is 0 Å². The van der Waals surface area contributed by atoms with Gasteiger partial charge in [-0.1, -0.05) is 18.2 Å². The largest absolute Gasteiger partial charge is 0.493 e. The van der Waals surface area contributed by atoms with Gasteiger partial charge in [-0.15, -0.1) is 0 Å². The lowest BCUT2D eigenvalue weighted by atomic mass is 10.2. The van der Waals surface area contributed by atoms with Crippen molar-refractivity contribution in [3.63, 3.8) is 0 Å². The van der Waals surface area contributed by atoms with Gasteiger partial charge in [0, 0.05) is 34.7 Å². The average Bonchev–Trinajstić information content (AvgIpc) is 3.21. The van der Waals surface area contributed by atoms with Crippen LogP contribution in [0.15, 0.2) is 79.0 Å². The minimum atomic E-state index is -0.409. The number of pyridine rings is 1. The molecule has 3 aromatic carbocycles. The molecule has 2 aromatic heterocycles. The van der Waals surface area contributed by atoms with Crippen LogP contribution in [0.1, 0.15) is 10.4 Å². The maximum absolute atomic E-state index is 13.4. The predicted molar refractivity (Wildman–Crippen MR) is 123 cm³/mol. The third-order valence-corrected chi connectivity index (χ3v) is 5.39. The zero-order valence-electron chi connectivity index (χ0n) is 17.9. The number of hydrogen-bond donors (Lipinski definition) is 0. The molecule has 0 aliphatic heterocycles. The van der Waals surface area contributed by atoms with Gasteiger partial charge in [0.1, 0.15) is 11.6 Å². The van der Waals surface area contributed by atoms with Crippen LogP contribution in [-0.2, 0) is 0 Å². The number of benzene rings is 3. The van der Waals surface area contributed by atoms with Crippen molar-refractivity contribution in [3.05, 3.63) is 90.4 Å². The molecule has 0 spiro atoms. The number of nitrogens with zero attached hydrogens (tertiary/aromatic N) is 2. The highest BCUT2D eigenvalue weighted by atomic mass is 19.1. The summed E-state index contributed by atoms with van der Waals surface area (Å²) in [6, 6.07) is 20.0. The number of carbonyl (C=O) groups is 1. The SMILES string of the molecule is COc1cc2nccc(Oc3cc4ccccc4n3C(=O)c3ccc(F)cc3)c2cc1OC. The fraction of sp³-hybridized carbons (Fsp3) is 0.0769. The Morgan fingerprint density at radius 2 is 1.61 bits per heavy atom. The average molecular weight is 442 g/mol. The Morgan fingerprint density at radius 1 is 0.879 bits per heavy atom. The van der Waals surface area contributed by atoms with Gasteiger partial charge in [-0.25, -0.2) is 8.96 Å². The molecule has 5 aromatic rings. The lowest BCUT2D eigenvalue weighted by molar-refractivity contribution is 0.0958. The van der Waals surface area contributed by atoms with Crippen molar-refractivity contribution in [1.29, 1.82) is 0 Å². The molecular formula is C26H19FN2O4. The molecular weight excluding hydrogens is 423 g/mol. The molecule has 6 nitrogen and oxygen atoms in total. The molecule has 0 aliphatic carbocycles. The second-order valence-electron chi connectivity index (χ2n) is 7.32. The Kier molecular flexibility index (Phi) is 5.14. The van der Waals surface area contributed by atoms with Crippen molar-refractivity contribution in [2.75, 3.05) is 14.2 Å². The van der Waals surface area contributed by atoms with Gasteiger partial charge in [0.15, 0.2) is 11.5 Å². The molecule has 0 saturated heterocycles. The minimum Gasteiger partial charge on any atom is -0.493 e. The zero-order valence-corrected chi connectivity index (χ0v) is 17.9. The Bertz CT molecular complexity index is 1490. The topological polar surface area (TPSA) is 62.6 Å². The summed E-state index contributed by atoms with van der Waals surface area (Å²) in [4.78, 5) is 17.8. The third-order valence-electron chi connectivity index (χ3n) is 5.39. The van der Waals surface area contributed by atoms with E-state index < -0.39 is 5.82 Å². The molecule has 164 valence electrons. The van der Waals surface area contributed by atoms with E-state index in [1.807, 2.05) is 24.3 Å². The van der Waals surface area contributed by atoms with E-state index in [4.69, 9.17) is 14.2 Å². The first-order chi connectivity index (χ1) is 16.1. The van der Waals surface area contributed by atoms with Gasteiger partial charge in [0.05, 0.1) is 25.3 Å². The maximum Gasteiger partial charge on any atom is 0.265 e. The Labute approximate surface area is 188 Å².